The Morgan fingerprint density at radius 1 is 0.913 bits per heavy atom. The van der Waals surface area contributed by atoms with Crippen LogP contribution in [0.1, 0.15) is 0 Å². The summed E-state index contributed by atoms with van der Waals surface area (Å²) < 4.78 is 4.65. The van der Waals surface area contributed by atoms with Gasteiger partial charge in [0, 0.05) is 0 Å². The molecule has 0 aliphatic carbocycles. The molecule has 0 unspecified atom stereocenters. The van der Waals surface area contributed by atoms with Gasteiger partial charge in [-0.2, -0.15) is 4.52 Å². The lowest BCUT2D eigenvalue weighted by Crippen LogP contribution is -2.20. The minimum Gasteiger partial charge on any atom is -0.267 e. The number of para-hydroxylation sites is 2. The fourth-order valence-electron chi connectivity index (χ4n) is 3.02. The van der Waals surface area contributed by atoms with E-state index in [-0.39, 0.29) is 5.56 Å². The van der Waals surface area contributed by atoms with Crippen LogP contribution in [-0.4, -0.2) is 14.2 Å². The molecule has 0 spiro atoms. The molecule has 0 saturated carbocycles. The van der Waals surface area contributed by atoms with E-state index in [1.54, 1.807) is 15.9 Å². The van der Waals surface area contributed by atoms with E-state index in [0.717, 1.165) is 21.4 Å². The van der Waals surface area contributed by atoms with E-state index in [2.05, 4.69) is 0 Å². The molecule has 2 aromatic carbocycles. The Hall–Kier alpha value is -2.92. The summed E-state index contributed by atoms with van der Waals surface area (Å²) >= 11 is 1.61. The number of fused-ring (bicyclic) bond motifs is 4. The van der Waals surface area contributed by atoms with Gasteiger partial charge in [-0.15, -0.1) is 11.3 Å². The first-order chi connectivity index (χ1) is 11.3. The van der Waals surface area contributed by atoms with Crippen molar-refractivity contribution in [1.82, 2.24) is 14.2 Å². The fourth-order valence-corrected chi connectivity index (χ4v) is 3.87. The van der Waals surface area contributed by atoms with Gasteiger partial charge < -0.3 is 0 Å². The molecule has 5 aromatic rings. The van der Waals surface area contributed by atoms with Crippen molar-refractivity contribution in [3.05, 3.63) is 76.4 Å². The van der Waals surface area contributed by atoms with Crippen LogP contribution in [0.4, 0.5) is 0 Å². The monoisotopic (exact) mass is 317 g/mol. The second-order valence-electron chi connectivity index (χ2n) is 5.35. The van der Waals surface area contributed by atoms with Gasteiger partial charge in [0.2, 0.25) is 0 Å². The van der Waals surface area contributed by atoms with Crippen LogP contribution in [-0.2, 0) is 0 Å². The maximum Gasteiger partial charge on any atom is 0.281 e. The van der Waals surface area contributed by atoms with Crippen LogP contribution in [0.25, 0.3) is 32.5 Å². The van der Waals surface area contributed by atoms with E-state index in [0.29, 0.717) is 11.0 Å². The molecule has 0 aliphatic heterocycles. The number of benzene rings is 2. The van der Waals surface area contributed by atoms with Crippen LogP contribution in [0.3, 0.4) is 0 Å². The van der Waals surface area contributed by atoms with Gasteiger partial charge >= 0.3 is 0 Å². The number of rotatable bonds is 1. The van der Waals surface area contributed by atoms with Crippen molar-refractivity contribution in [3.63, 3.8) is 0 Å². The van der Waals surface area contributed by atoms with Crippen LogP contribution in [0.5, 0.6) is 0 Å². The Morgan fingerprint density at radius 2 is 1.70 bits per heavy atom. The summed E-state index contributed by atoms with van der Waals surface area (Å²) in [5, 5.41) is 2.66. The van der Waals surface area contributed by atoms with Gasteiger partial charge in [0.05, 0.1) is 26.8 Å². The Balaban J connectivity index is 2.09. The zero-order chi connectivity index (χ0) is 15.4. The van der Waals surface area contributed by atoms with E-state index >= 15 is 0 Å². The number of aromatic nitrogens is 3. The van der Waals surface area contributed by atoms with Crippen molar-refractivity contribution >= 4 is 38.1 Å². The predicted octanol–water partition coefficient (Wildman–Crippen LogP) is 3.85. The smallest absolute Gasteiger partial charge is 0.267 e. The molecule has 0 fully saturated rings. The van der Waals surface area contributed by atoms with E-state index < -0.39 is 0 Å². The van der Waals surface area contributed by atoms with Gasteiger partial charge in [-0.05, 0) is 35.7 Å². The second-order valence-corrected chi connectivity index (χ2v) is 6.27. The van der Waals surface area contributed by atoms with Gasteiger partial charge in [-0.25, -0.2) is 9.67 Å². The Morgan fingerprint density at radius 3 is 2.57 bits per heavy atom. The van der Waals surface area contributed by atoms with Crippen molar-refractivity contribution < 1.29 is 0 Å². The lowest BCUT2D eigenvalue weighted by atomic mass is 10.2. The molecule has 0 saturated heterocycles. The van der Waals surface area contributed by atoms with Gasteiger partial charge in [-0.3, -0.25) is 4.79 Å². The van der Waals surface area contributed by atoms with Crippen molar-refractivity contribution in [2.45, 2.75) is 0 Å². The summed E-state index contributed by atoms with van der Waals surface area (Å²) in [7, 11) is 0. The largest absolute Gasteiger partial charge is 0.281 e. The molecule has 0 atom stereocenters. The summed E-state index contributed by atoms with van der Waals surface area (Å²) in [4.78, 5) is 17.8. The highest BCUT2D eigenvalue weighted by atomic mass is 32.1. The van der Waals surface area contributed by atoms with Crippen molar-refractivity contribution in [2.24, 2.45) is 0 Å². The molecule has 5 rings (SSSR count). The third kappa shape index (κ3) is 1.65. The molecular formula is C18H11N3OS. The number of hydrogen-bond donors (Lipinski definition) is 0. The third-order valence-electron chi connectivity index (χ3n) is 4.03. The maximum absolute atomic E-state index is 13.1. The summed E-state index contributed by atoms with van der Waals surface area (Å²) in [5.74, 6) is 0. The first-order valence-corrected chi connectivity index (χ1v) is 8.18. The standard InChI is InChI=1S/C18H11N3OS/c22-18-13-8-4-5-9-14(13)19-17-16-15(10-11-23-16)20(21(17)18)12-6-2-1-3-7-12/h1-11H. The fraction of sp³-hybridized carbons (Fsp3) is 0. The minimum absolute atomic E-state index is 0.0437. The summed E-state index contributed by atoms with van der Waals surface area (Å²) in [5.41, 5.74) is 3.35. The number of hydrogen-bond acceptors (Lipinski definition) is 3. The van der Waals surface area contributed by atoms with Crippen molar-refractivity contribution in [2.75, 3.05) is 0 Å². The minimum atomic E-state index is -0.0437. The van der Waals surface area contributed by atoms with Gasteiger partial charge in [0.15, 0.2) is 5.65 Å². The van der Waals surface area contributed by atoms with E-state index in [1.165, 1.54) is 0 Å². The molecule has 5 heteroatoms. The average molecular weight is 317 g/mol. The average Bonchev–Trinajstić information content (AvgIpc) is 3.17. The number of nitrogens with zero attached hydrogens (tertiary/aromatic N) is 3. The molecule has 0 aliphatic rings. The molecule has 0 N–H and O–H groups in total. The lowest BCUT2D eigenvalue weighted by Gasteiger charge is -2.08. The zero-order valence-corrected chi connectivity index (χ0v) is 12.8. The normalized spacial score (nSPS) is 11.7. The van der Waals surface area contributed by atoms with Crippen LogP contribution in [0.2, 0.25) is 0 Å². The molecule has 3 aromatic heterocycles. The lowest BCUT2D eigenvalue weighted by molar-refractivity contribution is 0.794. The summed E-state index contributed by atoms with van der Waals surface area (Å²) in [6.07, 6.45) is 0. The molecule has 4 nitrogen and oxygen atoms in total. The van der Waals surface area contributed by atoms with Gasteiger partial charge in [0.1, 0.15) is 0 Å². The highest BCUT2D eigenvalue weighted by molar-refractivity contribution is 7.18. The quantitative estimate of drug-likeness (QED) is 0.471. The van der Waals surface area contributed by atoms with Crippen molar-refractivity contribution in [3.8, 4) is 5.69 Å². The number of thiophene rings is 1. The van der Waals surface area contributed by atoms with Gasteiger partial charge in [-0.1, -0.05) is 30.3 Å². The molecular weight excluding hydrogens is 306 g/mol. The Kier molecular flexibility index (Phi) is 2.49. The van der Waals surface area contributed by atoms with Crippen LogP contribution in [0, 0.1) is 0 Å². The third-order valence-corrected chi connectivity index (χ3v) is 4.93. The predicted molar refractivity (Wildman–Crippen MR) is 93.7 cm³/mol. The molecule has 0 amide bonds. The molecule has 110 valence electrons. The highest BCUT2D eigenvalue weighted by Gasteiger charge is 2.17. The van der Waals surface area contributed by atoms with Crippen LogP contribution >= 0.6 is 11.3 Å². The van der Waals surface area contributed by atoms with Crippen LogP contribution in [0.15, 0.2) is 70.8 Å². The molecule has 0 radical (unpaired) electrons. The topological polar surface area (TPSA) is 39.3 Å². The van der Waals surface area contributed by atoms with Gasteiger partial charge in [0.25, 0.3) is 5.56 Å². The Labute approximate surface area is 134 Å². The van der Waals surface area contributed by atoms with Crippen LogP contribution < -0.4 is 5.56 Å². The summed E-state index contributed by atoms with van der Waals surface area (Å²) in [6.45, 7) is 0. The van der Waals surface area contributed by atoms with E-state index in [4.69, 9.17) is 4.98 Å². The van der Waals surface area contributed by atoms with E-state index in [1.807, 2.05) is 70.7 Å². The highest BCUT2D eigenvalue weighted by Crippen LogP contribution is 2.29. The first kappa shape index (κ1) is 12.6. The summed E-state index contributed by atoms with van der Waals surface area (Å²) in [6, 6.07) is 19.4. The second kappa shape index (κ2) is 4.54. The van der Waals surface area contributed by atoms with E-state index in [9.17, 15) is 4.79 Å². The van der Waals surface area contributed by atoms with Crippen molar-refractivity contribution in [1.29, 1.82) is 0 Å². The SMILES string of the molecule is O=c1c2ccccc2nc2c3sccc3n(-c3ccccc3)n12. The maximum atomic E-state index is 13.1. The molecule has 0 bridgehead atoms. The molecule has 23 heavy (non-hydrogen) atoms. The Bertz CT molecular complexity index is 1230. The molecule has 3 heterocycles. The first-order valence-electron chi connectivity index (χ1n) is 7.30. The zero-order valence-electron chi connectivity index (χ0n) is 12.0.